The summed E-state index contributed by atoms with van der Waals surface area (Å²) in [6.45, 7) is -3.57. The fourth-order valence-electron chi connectivity index (χ4n) is 2.19. The van der Waals surface area contributed by atoms with E-state index in [4.69, 9.17) is 10.2 Å². The van der Waals surface area contributed by atoms with E-state index in [0.29, 0.717) is 0 Å². The fraction of sp³-hybridized carbons (Fsp3) is 0.643. The van der Waals surface area contributed by atoms with Gasteiger partial charge in [-0.2, -0.15) is 0 Å². The smallest absolute Gasteiger partial charge is 0.549 e. The minimum absolute atomic E-state index is 0. The molecule has 0 aromatic heterocycles. The van der Waals surface area contributed by atoms with Gasteiger partial charge in [0.1, 0.15) is 0 Å². The van der Waals surface area contributed by atoms with Crippen LogP contribution in [0.15, 0.2) is 0 Å². The Labute approximate surface area is 261 Å². The molecule has 18 heteroatoms. The molecular weight excluding hydrogens is 519 g/mol. The molecule has 0 atom stereocenters. The van der Waals surface area contributed by atoms with Crippen LogP contribution in [0.1, 0.15) is 0 Å². The van der Waals surface area contributed by atoms with Crippen molar-refractivity contribution in [2.75, 3.05) is 58.9 Å². The maximum absolute atomic E-state index is 10.9. The molecule has 0 aliphatic rings. The second-order valence-electron chi connectivity index (χ2n) is 5.60. The van der Waals surface area contributed by atoms with Crippen LogP contribution in [0.25, 0.3) is 0 Å². The Hall–Kier alpha value is 0.709. The Morgan fingerprint density at radius 1 is 0.531 bits per heavy atom. The van der Waals surface area contributed by atoms with Crippen LogP contribution >= 0.6 is 0 Å². The van der Waals surface area contributed by atoms with E-state index < -0.39 is 62.6 Å². The first-order valence-corrected chi connectivity index (χ1v) is 7.69. The molecule has 0 aromatic rings. The largest absolute Gasteiger partial charge is 1.00 e. The topological polar surface area (TPSA) is 236 Å². The molecular formula is C14H22CuN3Na3O11. The molecule has 0 aromatic carbocycles. The zero-order valence-corrected chi connectivity index (χ0v) is 25.1. The molecule has 1 radical (unpaired) electrons. The summed E-state index contributed by atoms with van der Waals surface area (Å²) in [6, 6.07) is 0. The van der Waals surface area contributed by atoms with Crippen LogP contribution in [-0.2, 0) is 41.0 Å². The van der Waals surface area contributed by atoms with Crippen molar-refractivity contribution in [1.82, 2.24) is 14.7 Å². The molecule has 0 fully saturated rings. The van der Waals surface area contributed by atoms with Crippen LogP contribution in [0.5, 0.6) is 0 Å². The Kier molecular flexibility index (Phi) is 37.9. The summed E-state index contributed by atoms with van der Waals surface area (Å²) in [5.74, 6) is -7.07. The van der Waals surface area contributed by atoms with Crippen molar-refractivity contribution in [3.05, 3.63) is 0 Å². The predicted molar refractivity (Wildman–Crippen MR) is 83.2 cm³/mol. The number of hydrogen-bond donors (Lipinski definition) is 2. The van der Waals surface area contributed by atoms with Crippen LogP contribution in [0.3, 0.4) is 0 Å². The first-order chi connectivity index (χ1) is 12.5. The number of carboxylic acids is 5. The molecule has 0 spiro atoms. The first kappa shape index (κ1) is 46.1. The maximum Gasteiger partial charge on any atom is 1.00 e. The number of carbonyl (C=O) groups is 5. The van der Waals surface area contributed by atoms with Gasteiger partial charge in [-0.3, -0.25) is 24.3 Å². The monoisotopic (exact) mass is 540 g/mol. The van der Waals surface area contributed by atoms with Crippen molar-refractivity contribution in [3.63, 3.8) is 0 Å². The summed E-state index contributed by atoms with van der Waals surface area (Å²) in [7, 11) is 0. The molecule has 0 aliphatic heterocycles. The van der Waals surface area contributed by atoms with Crippen molar-refractivity contribution in [2.45, 2.75) is 0 Å². The average molecular weight is 541 g/mol. The average Bonchev–Trinajstić information content (AvgIpc) is 2.46. The molecule has 32 heavy (non-hydrogen) atoms. The fourth-order valence-corrected chi connectivity index (χ4v) is 2.19. The van der Waals surface area contributed by atoms with Gasteiger partial charge in [-0.05, 0) is 0 Å². The minimum atomic E-state index is -1.53. The molecule has 0 unspecified atom stereocenters. The summed E-state index contributed by atoms with van der Waals surface area (Å²) in [4.78, 5) is 56.9. The molecule has 0 heterocycles. The number of rotatable bonds is 16. The quantitative estimate of drug-likeness (QED) is 0.173. The normalized spacial score (nSPS) is 9.34. The van der Waals surface area contributed by atoms with E-state index in [1.54, 1.807) is 0 Å². The molecule has 0 aliphatic carbocycles. The molecule has 0 amide bonds. The van der Waals surface area contributed by atoms with Gasteiger partial charge in [-0.1, -0.05) is 0 Å². The first-order valence-electron chi connectivity index (χ1n) is 7.69. The third-order valence-corrected chi connectivity index (χ3v) is 3.24. The minimum Gasteiger partial charge on any atom is -0.549 e. The summed E-state index contributed by atoms with van der Waals surface area (Å²) < 4.78 is 0. The van der Waals surface area contributed by atoms with E-state index in [9.17, 15) is 39.3 Å². The Morgan fingerprint density at radius 3 is 1.00 bits per heavy atom. The summed E-state index contributed by atoms with van der Waals surface area (Å²) >= 11 is 0. The third kappa shape index (κ3) is 28.7. The van der Waals surface area contributed by atoms with Crippen molar-refractivity contribution in [3.8, 4) is 0 Å². The number of hydrogen-bond acceptors (Lipinski definition) is 11. The molecule has 173 valence electrons. The summed E-state index contributed by atoms with van der Waals surface area (Å²) in [5.41, 5.74) is 0. The van der Waals surface area contributed by atoms with Gasteiger partial charge >= 0.3 is 101 Å². The van der Waals surface area contributed by atoms with E-state index in [2.05, 4.69) is 0 Å². The number of nitrogens with zero attached hydrogens (tertiary/aromatic N) is 3. The van der Waals surface area contributed by atoms with Gasteiger partial charge in [0.2, 0.25) is 0 Å². The van der Waals surface area contributed by atoms with Gasteiger partial charge < -0.3 is 45.4 Å². The number of carbonyl (C=O) groups excluding carboxylic acids is 3. The molecule has 4 N–H and O–H groups in total. The van der Waals surface area contributed by atoms with Crippen molar-refractivity contribution < 1.29 is 161 Å². The second-order valence-corrected chi connectivity index (χ2v) is 5.60. The summed E-state index contributed by atoms with van der Waals surface area (Å²) in [6.07, 6.45) is 0. The van der Waals surface area contributed by atoms with E-state index in [-0.39, 0.29) is 137 Å². The molecule has 0 saturated carbocycles. The Balaban J connectivity index is -0.000000338. The van der Waals surface area contributed by atoms with Crippen molar-refractivity contribution in [2.24, 2.45) is 0 Å². The van der Waals surface area contributed by atoms with Gasteiger partial charge in [-0.25, -0.2) is 0 Å². The SMILES string of the molecule is O.O=C([O-])CN(CCN(CCN(CC(=O)[O-])CC(=O)O)CC(=O)O)CC(=O)[O-].[Cu].[Na+].[Na+].[Na+]. The molecule has 0 saturated heterocycles. The third-order valence-electron chi connectivity index (χ3n) is 3.24. The molecule has 0 rings (SSSR count). The van der Waals surface area contributed by atoms with Gasteiger partial charge in [0.05, 0.1) is 31.0 Å². The van der Waals surface area contributed by atoms with Crippen LogP contribution in [-0.4, -0.2) is 119 Å². The Bertz CT molecular complexity index is 503. The number of aliphatic carboxylic acids is 5. The van der Waals surface area contributed by atoms with Crippen molar-refractivity contribution in [1.29, 1.82) is 0 Å². The van der Waals surface area contributed by atoms with Gasteiger partial charge in [-0.15, -0.1) is 0 Å². The molecule has 0 bridgehead atoms. The maximum atomic E-state index is 10.9. The zero-order valence-electron chi connectivity index (χ0n) is 18.2. The van der Waals surface area contributed by atoms with E-state index >= 15 is 0 Å². The van der Waals surface area contributed by atoms with Crippen molar-refractivity contribution >= 4 is 29.8 Å². The summed E-state index contributed by atoms with van der Waals surface area (Å²) in [5, 5.41) is 49.6. The van der Waals surface area contributed by atoms with E-state index in [1.807, 2.05) is 0 Å². The molecule has 14 nitrogen and oxygen atoms in total. The van der Waals surface area contributed by atoms with Gasteiger partial charge in [0.25, 0.3) is 0 Å². The van der Waals surface area contributed by atoms with Crippen LogP contribution in [0.4, 0.5) is 0 Å². The van der Waals surface area contributed by atoms with Gasteiger partial charge in [0, 0.05) is 62.9 Å². The van der Waals surface area contributed by atoms with E-state index in [1.165, 1.54) is 4.90 Å². The second kappa shape index (κ2) is 26.3. The Morgan fingerprint density at radius 2 is 0.750 bits per heavy atom. The van der Waals surface area contributed by atoms with Crippen LogP contribution < -0.4 is 104 Å². The zero-order chi connectivity index (χ0) is 21.0. The van der Waals surface area contributed by atoms with Gasteiger partial charge in [0.15, 0.2) is 0 Å². The standard InChI is InChI=1S/C14H23N3O10.Cu.3Na.H2O/c18-10(19)5-15(1-3-16(6-11(20)21)7-12(22)23)2-4-17(8-13(24)25)9-14(26)27;;;;;/h1-9H2,(H,18,19)(H,20,21)(H,22,23)(H,24,25)(H,26,27);;;;;1H2/q;;3*+1;/p-3. The predicted octanol–water partition coefficient (Wildman–Crippen LogP) is -16.5. The van der Waals surface area contributed by atoms with E-state index in [0.717, 1.165) is 9.80 Å². The number of carboxylic acid groups (broad SMARTS) is 5. The van der Waals surface area contributed by atoms with Crippen LogP contribution in [0, 0.1) is 0 Å². The van der Waals surface area contributed by atoms with Crippen LogP contribution in [0.2, 0.25) is 0 Å².